The highest BCUT2D eigenvalue weighted by molar-refractivity contribution is 6.30. The molecule has 1 aromatic carbocycles. The Labute approximate surface area is 119 Å². The molecular formula is C15H21ClN2O. The fraction of sp³-hybridized carbons (Fsp3) is 0.533. The van der Waals surface area contributed by atoms with E-state index in [2.05, 4.69) is 10.6 Å². The van der Waals surface area contributed by atoms with E-state index in [1.165, 1.54) is 24.8 Å². The smallest absolute Gasteiger partial charge is 0.315 e. The van der Waals surface area contributed by atoms with Crippen LogP contribution in [0.5, 0.6) is 0 Å². The van der Waals surface area contributed by atoms with E-state index in [9.17, 15) is 4.79 Å². The number of nitrogens with one attached hydrogen (secondary N) is 2. The van der Waals surface area contributed by atoms with Gasteiger partial charge >= 0.3 is 6.03 Å². The van der Waals surface area contributed by atoms with Crippen LogP contribution in [0, 0.1) is 0 Å². The SMILES string of the molecule is O=C(NCCc1ccc(Cl)cc1)NC1CCCCC1. The van der Waals surface area contributed by atoms with Crippen LogP contribution in [-0.2, 0) is 6.42 Å². The first-order valence-electron chi connectivity index (χ1n) is 7.03. The van der Waals surface area contributed by atoms with E-state index in [0.29, 0.717) is 12.6 Å². The van der Waals surface area contributed by atoms with E-state index >= 15 is 0 Å². The Balaban J connectivity index is 1.64. The molecule has 0 radical (unpaired) electrons. The summed E-state index contributed by atoms with van der Waals surface area (Å²) in [4.78, 5) is 11.7. The van der Waals surface area contributed by atoms with Crippen LogP contribution in [0.2, 0.25) is 5.02 Å². The topological polar surface area (TPSA) is 41.1 Å². The van der Waals surface area contributed by atoms with Crippen molar-refractivity contribution in [1.82, 2.24) is 10.6 Å². The molecule has 0 atom stereocenters. The minimum Gasteiger partial charge on any atom is -0.338 e. The Morgan fingerprint density at radius 2 is 1.84 bits per heavy atom. The van der Waals surface area contributed by atoms with E-state index in [4.69, 9.17) is 11.6 Å². The number of amides is 2. The summed E-state index contributed by atoms with van der Waals surface area (Å²) in [5.41, 5.74) is 1.18. The molecule has 0 unspecified atom stereocenters. The van der Waals surface area contributed by atoms with Gasteiger partial charge in [0.05, 0.1) is 0 Å². The third kappa shape index (κ3) is 5.11. The molecule has 2 N–H and O–H groups in total. The van der Waals surface area contributed by atoms with Crippen LogP contribution in [0.25, 0.3) is 0 Å². The molecule has 0 heterocycles. The molecule has 19 heavy (non-hydrogen) atoms. The van der Waals surface area contributed by atoms with Gasteiger partial charge in [-0.2, -0.15) is 0 Å². The second kappa shape index (κ2) is 7.39. The molecule has 104 valence electrons. The highest BCUT2D eigenvalue weighted by atomic mass is 35.5. The van der Waals surface area contributed by atoms with Gasteiger partial charge in [0.2, 0.25) is 0 Å². The standard InChI is InChI=1S/C15H21ClN2O/c16-13-8-6-12(7-9-13)10-11-17-15(19)18-14-4-2-1-3-5-14/h6-9,14H,1-5,10-11H2,(H2,17,18,19). The van der Waals surface area contributed by atoms with Gasteiger partial charge in [-0.3, -0.25) is 0 Å². The summed E-state index contributed by atoms with van der Waals surface area (Å²) in [6.45, 7) is 0.653. The monoisotopic (exact) mass is 280 g/mol. The molecule has 0 bridgehead atoms. The van der Waals surface area contributed by atoms with Crippen LogP contribution >= 0.6 is 11.6 Å². The molecule has 1 aromatic rings. The van der Waals surface area contributed by atoms with E-state index in [-0.39, 0.29) is 6.03 Å². The van der Waals surface area contributed by atoms with E-state index in [0.717, 1.165) is 24.3 Å². The van der Waals surface area contributed by atoms with Gasteiger partial charge in [-0.1, -0.05) is 43.0 Å². The van der Waals surface area contributed by atoms with Crippen molar-refractivity contribution < 1.29 is 4.79 Å². The van der Waals surface area contributed by atoms with Crippen molar-refractivity contribution in [2.24, 2.45) is 0 Å². The molecule has 0 spiro atoms. The first-order valence-corrected chi connectivity index (χ1v) is 7.40. The number of carbonyl (C=O) groups excluding carboxylic acids is 1. The van der Waals surface area contributed by atoms with Crippen molar-refractivity contribution in [3.63, 3.8) is 0 Å². The third-order valence-corrected chi connectivity index (χ3v) is 3.80. The molecule has 1 fully saturated rings. The highest BCUT2D eigenvalue weighted by Crippen LogP contribution is 2.17. The zero-order chi connectivity index (χ0) is 13.5. The molecule has 1 saturated carbocycles. The Morgan fingerprint density at radius 3 is 2.53 bits per heavy atom. The van der Waals surface area contributed by atoms with E-state index in [1.54, 1.807) is 0 Å². The number of rotatable bonds is 4. The molecule has 1 aliphatic carbocycles. The minimum absolute atomic E-state index is 0.0409. The molecule has 0 aliphatic heterocycles. The number of halogens is 1. The van der Waals surface area contributed by atoms with Crippen LogP contribution in [0.4, 0.5) is 4.79 Å². The van der Waals surface area contributed by atoms with Gasteiger partial charge in [-0.15, -0.1) is 0 Å². The Hall–Kier alpha value is -1.22. The molecule has 0 saturated heterocycles. The molecule has 2 amide bonds. The maximum Gasteiger partial charge on any atom is 0.315 e. The second-order valence-electron chi connectivity index (χ2n) is 5.11. The van der Waals surface area contributed by atoms with Crippen LogP contribution in [0.1, 0.15) is 37.7 Å². The van der Waals surface area contributed by atoms with Gasteiger partial charge in [0.1, 0.15) is 0 Å². The summed E-state index contributed by atoms with van der Waals surface area (Å²) in [6, 6.07) is 8.05. The Kier molecular flexibility index (Phi) is 5.52. The Morgan fingerprint density at radius 1 is 1.16 bits per heavy atom. The summed E-state index contributed by atoms with van der Waals surface area (Å²) in [5.74, 6) is 0. The number of urea groups is 1. The largest absolute Gasteiger partial charge is 0.338 e. The van der Waals surface area contributed by atoms with Gasteiger partial charge in [0.25, 0.3) is 0 Å². The normalized spacial score (nSPS) is 16.1. The lowest BCUT2D eigenvalue weighted by atomic mass is 9.96. The van der Waals surface area contributed by atoms with Crippen molar-refractivity contribution in [3.05, 3.63) is 34.9 Å². The number of hydrogen-bond acceptors (Lipinski definition) is 1. The van der Waals surface area contributed by atoms with Crippen LogP contribution in [0.3, 0.4) is 0 Å². The maximum atomic E-state index is 11.7. The van der Waals surface area contributed by atoms with E-state index in [1.807, 2.05) is 24.3 Å². The van der Waals surface area contributed by atoms with Crippen LogP contribution in [0.15, 0.2) is 24.3 Å². The fourth-order valence-electron chi connectivity index (χ4n) is 2.45. The first kappa shape index (κ1) is 14.2. The molecular weight excluding hydrogens is 260 g/mol. The molecule has 1 aliphatic rings. The van der Waals surface area contributed by atoms with Gasteiger partial charge < -0.3 is 10.6 Å². The zero-order valence-corrected chi connectivity index (χ0v) is 11.9. The lowest BCUT2D eigenvalue weighted by Crippen LogP contribution is -2.43. The van der Waals surface area contributed by atoms with Gasteiger partial charge in [-0.05, 0) is 37.0 Å². The van der Waals surface area contributed by atoms with Gasteiger partial charge in [0.15, 0.2) is 0 Å². The summed E-state index contributed by atoms with van der Waals surface area (Å²) in [7, 11) is 0. The zero-order valence-electron chi connectivity index (χ0n) is 11.1. The van der Waals surface area contributed by atoms with Crippen LogP contribution < -0.4 is 10.6 Å². The molecule has 4 heteroatoms. The van der Waals surface area contributed by atoms with Crippen molar-refractivity contribution in [3.8, 4) is 0 Å². The van der Waals surface area contributed by atoms with Gasteiger partial charge in [-0.25, -0.2) is 4.79 Å². The molecule has 0 aromatic heterocycles. The quantitative estimate of drug-likeness (QED) is 0.871. The maximum absolute atomic E-state index is 11.7. The van der Waals surface area contributed by atoms with E-state index < -0.39 is 0 Å². The average molecular weight is 281 g/mol. The van der Waals surface area contributed by atoms with Crippen molar-refractivity contribution in [2.75, 3.05) is 6.54 Å². The minimum atomic E-state index is -0.0409. The summed E-state index contributed by atoms with van der Waals surface area (Å²) >= 11 is 5.82. The number of carbonyl (C=O) groups is 1. The lowest BCUT2D eigenvalue weighted by molar-refractivity contribution is 0.233. The number of hydrogen-bond donors (Lipinski definition) is 2. The predicted molar refractivity (Wildman–Crippen MR) is 78.6 cm³/mol. The van der Waals surface area contributed by atoms with Crippen molar-refractivity contribution in [2.45, 2.75) is 44.6 Å². The van der Waals surface area contributed by atoms with Gasteiger partial charge in [0, 0.05) is 17.6 Å². The first-order chi connectivity index (χ1) is 9.24. The highest BCUT2D eigenvalue weighted by Gasteiger charge is 2.14. The third-order valence-electron chi connectivity index (χ3n) is 3.55. The average Bonchev–Trinajstić information content (AvgIpc) is 2.42. The predicted octanol–water partition coefficient (Wildman–Crippen LogP) is 3.51. The second-order valence-corrected chi connectivity index (χ2v) is 5.55. The van der Waals surface area contributed by atoms with Crippen molar-refractivity contribution in [1.29, 1.82) is 0 Å². The lowest BCUT2D eigenvalue weighted by Gasteiger charge is -2.22. The number of benzene rings is 1. The van der Waals surface area contributed by atoms with Crippen molar-refractivity contribution >= 4 is 17.6 Å². The fourth-order valence-corrected chi connectivity index (χ4v) is 2.58. The van der Waals surface area contributed by atoms with Crippen LogP contribution in [-0.4, -0.2) is 18.6 Å². The molecule has 3 nitrogen and oxygen atoms in total. The summed E-state index contributed by atoms with van der Waals surface area (Å²) in [6.07, 6.45) is 6.83. The Bertz CT molecular complexity index is 399. The summed E-state index contributed by atoms with van der Waals surface area (Å²) < 4.78 is 0. The summed E-state index contributed by atoms with van der Waals surface area (Å²) in [5, 5.41) is 6.70. The molecule has 2 rings (SSSR count).